The quantitative estimate of drug-likeness (QED) is 0.661. The Balaban J connectivity index is 2.03. The Bertz CT molecular complexity index is 583. The highest BCUT2D eigenvalue weighted by Gasteiger charge is 2.37. The summed E-state index contributed by atoms with van der Waals surface area (Å²) in [6, 6.07) is 3.65. The van der Waals surface area contributed by atoms with Gasteiger partial charge in [0.2, 0.25) is 5.91 Å². The number of hydrogen-bond donors (Lipinski definition) is 1. The van der Waals surface area contributed by atoms with E-state index in [1.165, 1.54) is 13.2 Å². The van der Waals surface area contributed by atoms with E-state index in [-0.39, 0.29) is 18.3 Å². The molecule has 126 valence electrons. The maximum absolute atomic E-state index is 12.2. The molecule has 0 radical (unpaired) electrons. The molecule has 6 heteroatoms. The summed E-state index contributed by atoms with van der Waals surface area (Å²) in [6.45, 7) is 3.51. The Kier molecular flexibility index (Phi) is 5.60. The molecule has 0 aliphatic carbocycles. The van der Waals surface area contributed by atoms with Gasteiger partial charge in [0, 0.05) is 19.2 Å². The van der Waals surface area contributed by atoms with E-state index in [1.54, 1.807) is 12.1 Å². The largest absolute Gasteiger partial charge is 0.469 e. The van der Waals surface area contributed by atoms with Gasteiger partial charge in [-0.1, -0.05) is 0 Å². The maximum Gasteiger partial charge on any atom is 0.307 e. The van der Waals surface area contributed by atoms with Crippen molar-refractivity contribution in [3.63, 3.8) is 0 Å². The van der Waals surface area contributed by atoms with Crippen molar-refractivity contribution in [1.29, 1.82) is 0 Å². The molecule has 0 bridgehead atoms. The van der Waals surface area contributed by atoms with Crippen LogP contribution in [0.5, 0.6) is 0 Å². The first-order chi connectivity index (χ1) is 10.9. The Labute approximate surface area is 136 Å². The summed E-state index contributed by atoms with van der Waals surface area (Å²) in [5.74, 6) is 0.888. The number of piperidine rings is 1. The van der Waals surface area contributed by atoms with E-state index in [2.05, 4.69) is 10.2 Å². The Morgan fingerprint density at radius 3 is 2.65 bits per heavy atom. The van der Waals surface area contributed by atoms with Crippen molar-refractivity contribution in [3.05, 3.63) is 29.7 Å². The smallest absolute Gasteiger partial charge is 0.307 e. The first-order valence-corrected chi connectivity index (χ1v) is 7.74. The number of esters is 1. The number of nitrogens with one attached hydrogen (secondary N) is 1. The van der Waals surface area contributed by atoms with Crippen LogP contribution in [-0.4, -0.2) is 49.6 Å². The van der Waals surface area contributed by atoms with Crippen molar-refractivity contribution < 1.29 is 18.7 Å². The molecule has 1 amide bonds. The summed E-state index contributed by atoms with van der Waals surface area (Å²) in [7, 11) is 3.40. The minimum atomic E-state index is -0.542. The molecule has 0 saturated carbocycles. The van der Waals surface area contributed by atoms with Crippen molar-refractivity contribution in [3.8, 4) is 0 Å². The minimum Gasteiger partial charge on any atom is -0.469 e. The topological polar surface area (TPSA) is 71.8 Å². The van der Waals surface area contributed by atoms with Crippen LogP contribution in [0.2, 0.25) is 0 Å². The Morgan fingerprint density at radius 2 is 2.09 bits per heavy atom. The summed E-state index contributed by atoms with van der Waals surface area (Å²) in [5, 5.41) is 3.00. The molecule has 6 nitrogen and oxygen atoms in total. The number of nitrogens with zero attached hydrogens (tertiary/aromatic N) is 1. The fourth-order valence-electron chi connectivity index (χ4n) is 2.74. The number of rotatable bonds is 5. The fourth-order valence-corrected chi connectivity index (χ4v) is 2.74. The lowest BCUT2D eigenvalue weighted by Crippen LogP contribution is -2.55. The average Bonchev–Trinajstić information content (AvgIpc) is 2.94. The molecule has 0 unspecified atom stereocenters. The normalized spacial score (nSPS) is 18.0. The molecule has 1 aliphatic heterocycles. The van der Waals surface area contributed by atoms with Crippen LogP contribution in [0.25, 0.3) is 6.08 Å². The van der Waals surface area contributed by atoms with Crippen LogP contribution in [0.4, 0.5) is 0 Å². The van der Waals surface area contributed by atoms with Gasteiger partial charge in [-0.15, -0.1) is 0 Å². The number of furan rings is 1. The zero-order valence-corrected chi connectivity index (χ0v) is 13.9. The van der Waals surface area contributed by atoms with Crippen LogP contribution in [0.15, 0.2) is 22.6 Å². The van der Waals surface area contributed by atoms with Crippen LogP contribution in [-0.2, 0) is 14.3 Å². The van der Waals surface area contributed by atoms with Gasteiger partial charge < -0.3 is 19.4 Å². The lowest BCUT2D eigenvalue weighted by atomic mass is 9.84. The van der Waals surface area contributed by atoms with E-state index in [1.807, 2.05) is 20.0 Å². The molecule has 2 heterocycles. The zero-order chi connectivity index (χ0) is 16.9. The van der Waals surface area contributed by atoms with Gasteiger partial charge in [-0.05, 0) is 45.0 Å². The average molecular weight is 320 g/mol. The van der Waals surface area contributed by atoms with Gasteiger partial charge in [-0.3, -0.25) is 9.59 Å². The van der Waals surface area contributed by atoms with Crippen molar-refractivity contribution >= 4 is 18.0 Å². The molecule has 1 aromatic rings. The number of methoxy groups -OCH3 is 1. The summed E-state index contributed by atoms with van der Waals surface area (Å²) < 4.78 is 10.2. The van der Waals surface area contributed by atoms with Gasteiger partial charge in [-0.25, -0.2) is 0 Å². The van der Waals surface area contributed by atoms with E-state index in [0.29, 0.717) is 5.76 Å². The minimum absolute atomic E-state index is 0.191. The van der Waals surface area contributed by atoms with Gasteiger partial charge in [0.15, 0.2) is 0 Å². The first kappa shape index (κ1) is 17.3. The second kappa shape index (κ2) is 7.46. The monoisotopic (exact) mass is 320 g/mol. The third kappa shape index (κ3) is 4.96. The second-order valence-corrected chi connectivity index (χ2v) is 6.11. The molecular weight excluding hydrogens is 296 g/mol. The Morgan fingerprint density at radius 1 is 1.39 bits per heavy atom. The first-order valence-electron chi connectivity index (χ1n) is 7.74. The molecule has 0 spiro atoms. The molecule has 1 fully saturated rings. The van der Waals surface area contributed by atoms with Crippen LogP contribution >= 0.6 is 0 Å². The fraction of sp³-hybridized carbons (Fsp3) is 0.529. The van der Waals surface area contributed by atoms with Crippen LogP contribution in [0.1, 0.15) is 30.8 Å². The SMILES string of the molecule is COC(=O)CC1(NC(=O)/C=C/c2ccc(C)o2)CCN(C)CC1. The highest BCUT2D eigenvalue weighted by Crippen LogP contribution is 2.26. The number of aryl methyl sites for hydroxylation is 1. The van der Waals surface area contributed by atoms with Gasteiger partial charge in [0.05, 0.1) is 19.1 Å². The predicted molar refractivity (Wildman–Crippen MR) is 86.7 cm³/mol. The Hall–Kier alpha value is -2.08. The van der Waals surface area contributed by atoms with Crippen molar-refractivity contribution in [2.45, 2.75) is 31.7 Å². The van der Waals surface area contributed by atoms with Crippen molar-refractivity contribution in [2.24, 2.45) is 0 Å². The van der Waals surface area contributed by atoms with E-state index in [0.717, 1.165) is 31.7 Å². The van der Waals surface area contributed by atoms with Gasteiger partial charge >= 0.3 is 5.97 Å². The van der Waals surface area contributed by atoms with Gasteiger partial charge in [0.25, 0.3) is 0 Å². The number of amides is 1. The van der Waals surface area contributed by atoms with Gasteiger partial charge in [0.1, 0.15) is 11.5 Å². The van der Waals surface area contributed by atoms with Gasteiger partial charge in [-0.2, -0.15) is 0 Å². The van der Waals surface area contributed by atoms with E-state index < -0.39 is 5.54 Å². The summed E-state index contributed by atoms with van der Waals surface area (Å²) in [5.41, 5.74) is -0.542. The number of ether oxygens (including phenoxy) is 1. The highest BCUT2D eigenvalue weighted by atomic mass is 16.5. The molecule has 23 heavy (non-hydrogen) atoms. The standard InChI is InChI=1S/C17H24N2O4/c1-13-4-5-14(23-13)6-7-15(20)18-17(12-16(21)22-3)8-10-19(2)11-9-17/h4-7H,8-12H2,1-3H3,(H,18,20)/b7-6+. The third-order valence-electron chi connectivity index (χ3n) is 4.20. The lowest BCUT2D eigenvalue weighted by Gasteiger charge is -2.40. The van der Waals surface area contributed by atoms with E-state index in [9.17, 15) is 9.59 Å². The van der Waals surface area contributed by atoms with Crippen LogP contribution in [0, 0.1) is 6.92 Å². The molecular formula is C17H24N2O4. The second-order valence-electron chi connectivity index (χ2n) is 6.11. The predicted octanol–water partition coefficient (Wildman–Crippen LogP) is 1.74. The zero-order valence-electron chi connectivity index (χ0n) is 13.9. The van der Waals surface area contributed by atoms with Crippen molar-refractivity contribution in [2.75, 3.05) is 27.2 Å². The number of carbonyl (C=O) groups excluding carboxylic acids is 2. The maximum atomic E-state index is 12.2. The molecule has 1 aromatic heterocycles. The number of carbonyl (C=O) groups is 2. The third-order valence-corrected chi connectivity index (χ3v) is 4.20. The molecule has 2 rings (SSSR count). The summed E-state index contributed by atoms with van der Waals surface area (Å²) >= 11 is 0. The lowest BCUT2D eigenvalue weighted by molar-refractivity contribution is -0.143. The summed E-state index contributed by atoms with van der Waals surface area (Å²) in [4.78, 5) is 26.1. The molecule has 1 saturated heterocycles. The molecule has 1 aliphatic rings. The van der Waals surface area contributed by atoms with Crippen LogP contribution in [0.3, 0.4) is 0 Å². The van der Waals surface area contributed by atoms with Crippen LogP contribution < -0.4 is 5.32 Å². The highest BCUT2D eigenvalue weighted by molar-refractivity contribution is 5.92. The number of hydrogen-bond acceptors (Lipinski definition) is 5. The summed E-state index contributed by atoms with van der Waals surface area (Å²) in [6.07, 6.45) is 4.70. The van der Waals surface area contributed by atoms with Crippen molar-refractivity contribution in [1.82, 2.24) is 10.2 Å². The molecule has 0 aromatic carbocycles. The van der Waals surface area contributed by atoms with E-state index in [4.69, 9.17) is 9.15 Å². The van der Waals surface area contributed by atoms with E-state index >= 15 is 0 Å². The molecule has 0 atom stereocenters. The molecule has 1 N–H and O–H groups in total. The number of likely N-dealkylation sites (tertiary alicyclic amines) is 1.